The van der Waals surface area contributed by atoms with Crippen LogP contribution in [0.5, 0.6) is 5.75 Å². The van der Waals surface area contributed by atoms with Crippen molar-refractivity contribution in [2.45, 2.75) is 44.4 Å². The third kappa shape index (κ3) is 5.71. The minimum absolute atomic E-state index is 0.188. The molecule has 0 amide bonds. The summed E-state index contributed by atoms with van der Waals surface area (Å²) >= 11 is 0. The molecule has 1 fully saturated rings. The first-order chi connectivity index (χ1) is 12.9. The molecule has 5 heteroatoms. The van der Waals surface area contributed by atoms with Gasteiger partial charge in [-0.3, -0.25) is 4.79 Å². The molecule has 27 heavy (non-hydrogen) atoms. The second-order valence-corrected chi connectivity index (χ2v) is 6.77. The number of allylic oxidation sites excluding steroid dienone is 1. The number of ether oxygens (including phenoxy) is 1. The van der Waals surface area contributed by atoms with Crippen LogP contribution in [0, 0.1) is 0 Å². The van der Waals surface area contributed by atoms with Crippen molar-refractivity contribution in [2.75, 3.05) is 0 Å². The molecule has 142 valence electrons. The maximum atomic E-state index is 12.3. The van der Waals surface area contributed by atoms with Crippen molar-refractivity contribution in [2.24, 2.45) is 0 Å². The number of alkyl halides is 3. The quantitative estimate of drug-likeness (QED) is 0.439. The lowest BCUT2D eigenvalue weighted by Gasteiger charge is -2.21. The molecule has 0 N–H and O–H groups in total. The van der Waals surface area contributed by atoms with E-state index < -0.39 is 6.36 Å². The van der Waals surface area contributed by atoms with E-state index in [-0.39, 0.29) is 11.5 Å². The fourth-order valence-electron chi connectivity index (χ4n) is 3.44. The van der Waals surface area contributed by atoms with Crippen LogP contribution < -0.4 is 4.74 Å². The third-order valence-corrected chi connectivity index (χ3v) is 4.79. The fraction of sp³-hybridized carbons (Fsp3) is 0.318. The van der Waals surface area contributed by atoms with Crippen LogP contribution in [0.1, 0.15) is 59.5 Å². The molecule has 1 aliphatic carbocycles. The lowest BCUT2D eigenvalue weighted by atomic mass is 9.84. The molecule has 0 atom stereocenters. The van der Waals surface area contributed by atoms with E-state index in [1.807, 2.05) is 24.3 Å². The van der Waals surface area contributed by atoms with Gasteiger partial charge in [0.05, 0.1) is 0 Å². The Labute approximate surface area is 156 Å². The highest BCUT2D eigenvalue weighted by atomic mass is 19.4. The smallest absolute Gasteiger partial charge is 0.406 e. The Bertz CT molecular complexity index is 801. The van der Waals surface area contributed by atoms with Gasteiger partial charge in [0.1, 0.15) is 5.75 Å². The summed E-state index contributed by atoms with van der Waals surface area (Å²) in [5, 5.41) is 0. The first-order valence-electron chi connectivity index (χ1n) is 9.09. The van der Waals surface area contributed by atoms with Gasteiger partial charge in [-0.2, -0.15) is 0 Å². The standard InChI is InChI=1S/C22H21F3O2/c23-22(24,25)27-20-8-4-5-16(15-20)9-14-21(26)19-12-10-18(11-13-19)17-6-2-1-3-7-17/h4-5,8-15,17H,1-3,6-7H2. The summed E-state index contributed by atoms with van der Waals surface area (Å²) < 4.78 is 40.7. The van der Waals surface area contributed by atoms with Gasteiger partial charge in [-0.25, -0.2) is 0 Å². The average Bonchev–Trinajstić information content (AvgIpc) is 2.66. The van der Waals surface area contributed by atoms with Gasteiger partial charge < -0.3 is 4.74 Å². The Balaban J connectivity index is 1.65. The van der Waals surface area contributed by atoms with Crippen LogP contribution in [-0.4, -0.2) is 12.1 Å². The predicted octanol–water partition coefficient (Wildman–Crippen LogP) is 6.53. The highest BCUT2D eigenvalue weighted by Crippen LogP contribution is 2.32. The topological polar surface area (TPSA) is 26.3 Å². The zero-order chi connectivity index (χ0) is 19.3. The summed E-state index contributed by atoms with van der Waals surface area (Å²) in [6, 6.07) is 13.2. The number of hydrogen-bond donors (Lipinski definition) is 0. The minimum Gasteiger partial charge on any atom is -0.406 e. The van der Waals surface area contributed by atoms with Crippen molar-refractivity contribution >= 4 is 11.9 Å². The van der Waals surface area contributed by atoms with Crippen molar-refractivity contribution in [3.8, 4) is 5.75 Å². The highest BCUT2D eigenvalue weighted by Gasteiger charge is 2.31. The highest BCUT2D eigenvalue weighted by molar-refractivity contribution is 6.06. The largest absolute Gasteiger partial charge is 0.573 e. The summed E-state index contributed by atoms with van der Waals surface area (Å²) in [7, 11) is 0. The number of benzene rings is 2. The normalized spacial score (nSPS) is 15.8. The van der Waals surface area contributed by atoms with Gasteiger partial charge in [0.2, 0.25) is 0 Å². The first-order valence-corrected chi connectivity index (χ1v) is 9.09. The number of ketones is 1. The number of halogens is 3. The second-order valence-electron chi connectivity index (χ2n) is 6.77. The van der Waals surface area contributed by atoms with E-state index >= 15 is 0 Å². The van der Waals surface area contributed by atoms with Crippen LogP contribution in [-0.2, 0) is 0 Å². The SMILES string of the molecule is O=C(C=Cc1cccc(OC(F)(F)F)c1)c1ccc(C2CCCCC2)cc1. The Morgan fingerprint density at radius 3 is 2.37 bits per heavy atom. The van der Waals surface area contributed by atoms with Crippen LogP contribution in [0.2, 0.25) is 0 Å². The maximum Gasteiger partial charge on any atom is 0.573 e. The Morgan fingerprint density at radius 1 is 1.00 bits per heavy atom. The van der Waals surface area contributed by atoms with Crippen molar-refractivity contribution < 1.29 is 22.7 Å². The van der Waals surface area contributed by atoms with Crippen LogP contribution in [0.4, 0.5) is 13.2 Å². The molecule has 0 aromatic heterocycles. The van der Waals surface area contributed by atoms with Gasteiger partial charge in [-0.1, -0.05) is 61.7 Å². The molecule has 0 unspecified atom stereocenters. The molecule has 0 aliphatic heterocycles. The molecule has 2 aromatic carbocycles. The molecule has 3 rings (SSSR count). The third-order valence-electron chi connectivity index (χ3n) is 4.79. The Kier molecular flexibility index (Phi) is 5.99. The molecular formula is C22H21F3O2. The van der Waals surface area contributed by atoms with Gasteiger partial charge in [-0.05, 0) is 48.1 Å². The Morgan fingerprint density at radius 2 is 1.70 bits per heavy atom. The van der Waals surface area contributed by atoms with Gasteiger partial charge in [0, 0.05) is 5.56 Å². The molecule has 0 heterocycles. The summed E-state index contributed by atoms with van der Waals surface area (Å²) in [5.74, 6) is 0.0797. The van der Waals surface area contributed by atoms with E-state index in [1.54, 1.807) is 6.07 Å². The molecule has 0 bridgehead atoms. The van der Waals surface area contributed by atoms with E-state index in [2.05, 4.69) is 4.74 Å². The molecular weight excluding hydrogens is 353 g/mol. The molecule has 2 nitrogen and oxygen atoms in total. The number of carbonyl (C=O) groups is 1. The summed E-state index contributed by atoms with van der Waals surface area (Å²) in [5.41, 5.74) is 2.30. The van der Waals surface area contributed by atoms with E-state index in [0.717, 1.165) is 0 Å². The van der Waals surface area contributed by atoms with E-state index in [9.17, 15) is 18.0 Å². The zero-order valence-corrected chi connectivity index (χ0v) is 14.8. The van der Waals surface area contributed by atoms with Gasteiger partial charge in [0.15, 0.2) is 5.78 Å². The van der Waals surface area contributed by atoms with E-state index in [1.165, 1.54) is 68.0 Å². The number of carbonyl (C=O) groups excluding carboxylic acids is 1. The molecule has 1 aliphatic rings. The van der Waals surface area contributed by atoms with Crippen LogP contribution in [0.15, 0.2) is 54.6 Å². The van der Waals surface area contributed by atoms with Gasteiger partial charge in [0.25, 0.3) is 0 Å². The number of hydrogen-bond acceptors (Lipinski definition) is 2. The monoisotopic (exact) mass is 374 g/mol. The molecule has 1 saturated carbocycles. The first kappa shape index (κ1) is 19.2. The molecule has 0 spiro atoms. The fourth-order valence-corrected chi connectivity index (χ4v) is 3.44. The Hall–Kier alpha value is -2.56. The summed E-state index contributed by atoms with van der Waals surface area (Å²) in [6.45, 7) is 0. The van der Waals surface area contributed by atoms with Crippen LogP contribution >= 0.6 is 0 Å². The molecule has 0 saturated heterocycles. The van der Waals surface area contributed by atoms with Gasteiger partial charge in [-0.15, -0.1) is 13.2 Å². The maximum absolute atomic E-state index is 12.3. The second kappa shape index (κ2) is 8.42. The minimum atomic E-state index is -4.74. The molecule has 0 radical (unpaired) electrons. The number of rotatable bonds is 5. The van der Waals surface area contributed by atoms with Gasteiger partial charge >= 0.3 is 6.36 Å². The zero-order valence-electron chi connectivity index (χ0n) is 14.8. The predicted molar refractivity (Wildman–Crippen MR) is 98.8 cm³/mol. The van der Waals surface area contributed by atoms with Crippen LogP contribution in [0.25, 0.3) is 6.08 Å². The van der Waals surface area contributed by atoms with Crippen LogP contribution in [0.3, 0.4) is 0 Å². The van der Waals surface area contributed by atoms with E-state index in [0.29, 0.717) is 17.0 Å². The summed E-state index contributed by atoms with van der Waals surface area (Å²) in [4.78, 5) is 12.3. The average molecular weight is 374 g/mol. The molecule has 2 aromatic rings. The van der Waals surface area contributed by atoms with Crippen molar-refractivity contribution in [3.63, 3.8) is 0 Å². The lowest BCUT2D eigenvalue weighted by Crippen LogP contribution is -2.17. The van der Waals surface area contributed by atoms with Crippen molar-refractivity contribution in [3.05, 3.63) is 71.3 Å². The lowest BCUT2D eigenvalue weighted by molar-refractivity contribution is -0.274. The van der Waals surface area contributed by atoms with E-state index in [4.69, 9.17) is 0 Å². The van der Waals surface area contributed by atoms with Crippen molar-refractivity contribution in [1.29, 1.82) is 0 Å². The summed E-state index contributed by atoms with van der Waals surface area (Å²) in [6.07, 6.45) is 4.32. The van der Waals surface area contributed by atoms with Crippen molar-refractivity contribution in [1.82, 2.24) is 0 Å².